The maximum Gasteiger partial charge on any atom is 0.251 e. The number of aliphatic imine (C=N–C) groups is 1. The zero-order valence-electron chi connectivity index (χ0n) is 12.4. The van der Waals surface area contributed by atoms with E-state index in [1.807, 2.05) is 43.5 Å². The van der Waals surface area contributed by atoms with Gasteiger partial charge in [0.15, 0.2) is 0 Å². The summed E-state index contributed by atoms with van der Waals surface area (Å²) in [5.41, 5.74) is 3.16. The first-order chi connectivity index (χ1) is 10.5. The van der Waals surface area contributed by atoms with E-state index in [4.69, 9.17) is 0 Å². The van der Waals surface area contributed by atoms with Crippen molar-refractivity contribution in [3.63, 3.8) is 0 Å². The van der Waals surface area contributed by atoms with Crippen LogP contribution in [-0.2, 0) is 16.0 Å². The van der Waals surface area contributed by atoms with E-state index < -0.39 is 0 Å². The van der Waals surface area contributed by atoms with Crippen molar-refractivity contribution in [1.29, 1.82) is 0 Å². The van der Waals surface area contributed by atoms with Gasteiger partial charge in [0.05, 0.1) is 12.1 Å². The predicted molar refractivity (Wildman–Crippen MR) is 87.7 cm³/mol. The quantitative estimate of drug-likeness (QED) is 0.913. The van der Waals surface area contributed by atoms with E-state index >= 15 is 0 Å². The second-order valence-corrected chi connectivity index (χ2v) is 6.42. The Morgan fingerprint density at radius 2 is 2.23 bits per heavy atom. The molecule has 0 bridgehead atoms. The molecule has 2 heterocycles. The van der Waals surface area contributed by atoms with E-state index in [9.17, 15) is 9.59 Å². The Morgan fingerprint density at radius 3 is 2.95 bits per heavy atom. The van der Waals surface area contributed by atoms with Crippen molar-refractivity contribution in [2.24, 2.45) is 10.9 Å². The van der Waals surface area contributed by atoms with Crippen LogP contribution in [0.15, 0.2) is 57.6 Å². The van der Waals surface area contributed by atoms with Gasteiger partial charge in [-0.05, 0) is 37.4 Å². The van der Waals surface area contributed by atoms with Crippen molar-refractivity contribution >= 4 is 28.9 Å². The van der Waals surface area contributed by atoms with E-state index in [0.29, 0.717) is 12.1 Å². The van der Waals surface area contributed by atoms with E-state index in [-0.39, 0.29) is 17.7 Å². The normalized spacial score (nSPS) is 22.5. The first-order valence-electron chi connectivity index (χ1n) is 7.07. The summed E-state index contributed by atoms with van der Waals surface area (Å²) in [6.07, 6.45) is 5.91. The molecule has 1 unspecified atom stereocenters. The van der Waals surface area contributed by atoms with Gasteiger partial charge in [-0.15, -0.1) is 11.3 Å². The zero-order valence-corrected chi connectivity index (χ0v) is 13.2. The molecule has 2 aliphatic rings. The number of allylic oxidation sites excluding steroid dienone is 3. The number of amides is 2. The van der Waals surface area contributed by atoms with Crippen molar-refractivity contribution < 1.29 is 9.59 Å². The fourth-order valence-corrected chi connectivity index (χ4v) is 3.24. The number of carbonyl (C=O) groups excluding carboxylic acids is 2. The molecular formula is C17H16N2O2S. The molecule has 0 saturated carbocycles. The first kappa shape index (κ1) is 14.7. The average Bonchev–Trinajstić information content (AvgIpc) is 2.97. The standard InChI is InChI=1S/C17H16N2O2S/c1-10-11(2)17(21)19-15-8-12(5-6-14(10)15)18-16(20)9-13-4-3-7-22-13/h3-8,14H,9H2,1-2H3,(H,19,21). The van der Waals surface area contributed by atoms with Gasteiger partial charge in [-0.3, -0.25) is 9.59 Å². The number of hydrogen-bond acceptors (Lipinski definition) is 3. The van der Waals surface area contributed by atoms with E-state index in [1.54, 1.807) is 17.4 Å². The van der Waals surface area contributed by atoms with Crippen LogP contribution in [0.5, 0.6) is 0 Å². The summed E-state index contributed by atoms with van der Waals surface area (Å²) in [6, 6.07) is 3.84. The largest absolute Gasteiger partial charge is 0.325 e. The number of rotatable bonds is 2. The Bertz CT molecular complexity index is 752. The highest BCUT2D eigenvalue weighted by Gasteiger charge is 2.27. The lowest BCUT2D eigenvalue weighted by Crippen LogP contribution is -2.35. The Labute approximate surface area is 133 Å². The zero-order chi connectivity index (χ0) is 15.7. The molecule has 0 spiro atoms. The summed E-state index contributed by atoms with van der Waals surface area (Å²) < 4.78 is 0. The Morgan fingerprint density at radius 1 is 1.41 bits per heavy atom. The van der Waals surface area contributed by atoms with Crippen LogP contribution >= 0.6 is 11.3 Å². The molecule has 5 heteroatoms. The molecule has 1 N–H and O–H groups in total. The van der Waals surface area contributed by atoms with Gasteiger partial charge < -0.3 is 5.32 Å². The van der Waals surface area contributed by atoms with Gasteiger partial charge in [-0.2, -0.15) is 0 Å². The molecule has 1 aliphatic carbocycles. The third-order valence-electron chi connectivity index (χ3n) is 3.91. The number of thiophene rings is 1. The van der Waals surface area contributed by atoms with Crippen LogP contribution in [0.1, 0.15) is 18.7 Å². The Balaban J connectivity index is 1.80. The molecule has 0 aromatic carbocycles. The molecule has 22 heavy (non-hydrogen) atoms. The van der Waals surface area contributed by atoms with E-state index in [2.05, 4.69) is 10.3 Å². The Kier molecular flexibility index (Phi) is 3.90. The van der Waals surface area contributed by atoms with Gasteiger partial charge in [0.2, 0.25) is 0 Å². The van der Waals surface area contributed by atoms with Gasteiger partial charge in [-0.1, -0.05) is 17.7 Å². The molecule has 3 rings (SSSR count). The third-order valence-corrected chi connectivity index (χ3v) is 4.79. The van der Waals surface area contributed by atoms with Gasteiger partial charge in [0.25, 0.3) is 11.8 Å². The highest BCUT2D eigenvalue weighted by atomic mass is 32.1. The van der Waals surface area contributed by atoms with Gasteiger partial charge in [-0.25, -0.2) is 4.99 Å². The summed E-state index contributed by atoms with van der Waals surface area (Å²) in [5.74, 6) is -0.188. The monoisotopic (exact) mass is 312 g/mol. The molecule has 2 amide bonds. The smallest absolute Gasteiger partial charge is 0.251 e. The molecule has 1 aromatic rings. The number of nitrogens with zero attached hydrogens (tertiary/aromatic N) is 1. The molecule has 1 aliphatic heterocycles. The molecular weight excluding hydrogens is 296 g/mol. The molecule has 4 nitrogen and oxygen atoms in total. The highest BCUT2D eigenvalue weighted by Crippen LogP contribution is 2.29. The van der Waals surface area contributed by atoms with Gasteiger partial charge in [0.1, 0.15) is 0 Å². The molecule has 1 atom stereocenters. The average molecular weight is 312 g/mol. The summed E-state index contributed by atoms with van der Waals surface area (Å²) >= 11 is 1.55. The summed E-state index contributed by atoms with van der Waals surface area (Å²) in [4.78, 5) is 29.0. The second-order valence-electron chi connectivity index (χ2n) is 5.39. The van der Waals surface area contributed by atoms with Crippen molar-refractivity contribution in [3.8, 4) is 0 Å². The van der Waals surface area contributed by atoms with E-state index in [1.165, 1.54) is 0 Å². The summed E-state index contributed by atoms with van der Waals surface area (Å²) in [5, 5.41) is 4.81. The lowest BCUT2D eigenvalue weighted by Gasteiger charge is -2.28. The third kappa shape index (κ3) is 2.85. The van der Waals surface area contributed by atoms with Gasteiger partial charge in [0, 0.05) is 22.1 Å². The maximum absolute atomic E-state index is 12.0. The minimum Gasteiger partial charge on any atom is -0.325 e. The van der Waals surface area contributed by atoms with Crippen molar-refractivity contribution in [2.75, 3.05) is 0 Å². The fraction of sp³-hybridized carbons (Fsp3) is 0.235. The molecule has 1 aromatic heterocycles. The van der Waals surface area contributed by atoms with Crippen LogP contribution in [-0.4, -0.2) is 17.5 Å². The topological polar surface area (TPSA) is 58.5 Å². The van der Waals surface area contributed by atoms with Crippen LogP contribution < -0.4 is 5.32 Å². The number of fused-ring (bicyclic) bond motifs is 1. The minimum atomic E-state index is -0.178. The van der Waals surface area contributed by atoms with Gasteiger partial charge >= 0.3 is 0 Å². The minimum absolute atomic E-state index is 0.0732. The maximum atomic E-state index is 12.0. The van der Waals surface area contributed by atoms with E-state index in [0.717, 1.165) is 21.7 Å². The second kappa shape index (κ2) is 5.85. The van der Waals surface area contributed by atoms with Crippen LogP contribution in [0, 0.1) is 5.92 Å². The molecule has 0 fully saturated rings. The number of hydrogen-bond donors (Lipinski definition) is 1. The fourth-order valence-electron chi connectivity index (χ4n) is 2.54. The summed E-state index contributed by atoms with van der Waals surface area (Å²) in [7, 11) is 0. The lowest BCUT2D eigenvalue weighted by molar-refractivity contribution is -0.117. The number of nitrogens with one attached hydrogen (secondary N) is 1. The van der Waals surface area contributed by atoms with Crippen LogP contribution in [0.2, 0.25) is 0 Å². The molecule has 0 saturated heterocycles. The summed E-state index contributed by atoms with van der Waals surface area (Å²) in [6.45, 7) is 3.78. The predicted octanol–water partition coefficient (Wildman–Crippen LogP) is 2.79. The lowest BCUT2D eigenvalue weighted by atomic mass is 9.85. The van der Waals surface area contributed by atoms with Crippen molar-refractivity contribution in [1.82, 2.24) is 5.32 Å². The highest BCUT2D eigenvalue weighted by molar-refractivity contribution is 7.10. The first-order valence-corrected chi connectivity index (χ1v) is 7.95. The van der Waals surface area contributed by atoms with Crippen LogP contribution in [0.3, 0.4) is 0 Å². The molecule has 112 valence electrons. The molecule has 0 radical (unpaired) electrons. The van der Waals surface area contributed by atoms with Crippen molar-refractivity contribution in [3.05, 3.63) is 57.5 Å². The van der Waals surface area contributed by atoms with Crippen LogP contribution in [0.25, 0.3) is 0 Å². The SMILES string of the molecule is CC1=C(C)C2C=CC(=NC(=O)Cc3cccs3)C=C2NC1=O. The number of carbonyl (C=O) groups is 2. The Hall–Kier alpha value is -2.27. The van der Waals surface area contributed by atoms with Crippen LogP contribution in [0.4, 0.5) is 0 Å². The van der Waals surface area contributed by atoms with Crippen molar-refractivity contribution in [2.45, 2.75) is 20.3 Å².